The van der Waals surface area contributed by atoms with Crippen molar-refractivity contribution in [3.8, 4) is 22.6 Å². The highest BCUT2D eigenvalue weighted by Crippen LogP contribution is 2.37. The molecule has 1 aliphatic rings. The third kappa shape index (κ3) is 6.84. The van der Waals surface area contributed by atoms with Crippen LogP contribution in [0, 0.1) is 11.7 Å². The Hall–Kier alpha value is -2.32. The lowest BCUT2D eigenvalue weighted by molar-refractivity contribution is -0.265. The van der Waals surface area contributed by atoms with E-state index in [0.29, 0.717) is 30.1 Å². The fourth-order valence-corrected chi connectivity index (χ4v) is 3.92. The Bertz CT molecular complexity index is 930. The van der Waals surface area contributed by atoms with Crippen molar-refractivity contribution in [2.24, 2.45) is 5.92 Å². The lowest BCUT2D eigenvalue weighted by Crippen LogP contribution is -2.44. The molecule has 180 valence electrons. The van der Waals surface area contributed by atoms with Gasteiger partial charge in [-0.25, -0.2) is 4.39 Å². The Morgan fingerprint density at radius 3 is 2.45 bits per heavy atom. The molecule has 1 heterocycles. The molecule has 3 rings (SSSR count). The number of unbranched alkanes of at least 4 members (excludes halogenated alkanes) is 1. The zero-order valence-corrected chi connectivity index (χ0v) is 18.7. The van der Waals surface area contributed by atoms with Crippen molar-refractivity contribution in [3.63, 3.8) is 0 Å². The fraction of sp³-hybridized carbons (Fsp3) is 0.417. The summed E-state index contributed by atoms with van der Waals surface area (Å²) in [6, 6.07) is 7.93. The molecule has 0 aliphatic carbocycles. The molecule has 9 heteroatoms. The second-order valence-electron chi connectivity index (χ2n) is 7.89. The predicted molar refractivity (Wildman–Crippen MR) is 115 cm³/mol. The lowest BCUT2D eigenvalue weighted by atomic mass is 9.93. The van der Waals surface area contributed by atoms with Gasteiger partial charge in [0.2, 0.25) is 0 Å². The zero-order valence-electron chi connectivity index (χ0n) is 17.9. The first kappa shape index (κ1) is 25.3. The van der Waals surface area contributed by atoms with Crippen molar-refractivity contribution in [3.05, 3.63) is 59.6 Å². The Balaban J connectivity index is 1.65. The number of halogens is 6. The Labute approximate surface area is 194 Å². The quantitative estimate of drug-likeness (QED) is 0.262. The van der Waals surface area contributed by atoms with Gasteiger partial charge < -0.3 is 14.2 Å². The van der Waals surface area contributed by atoms with E-state index in [2.05, 4.69) is 11.7 Å². The molecule has 1 fully saturated rings. The normalized spacial score (nSPS) is 18.6. The van der Waals surface area contributed by atoms with Crippen LogP contribution < -0.4 is 9.47 Å². The van der Waals surface area contributed by atoms with E-state index in [-0.39, 0.29) is 23.5 Å². The van der Waals surface area contributed by atoms with Gasteiger partial charge in [-0.3, -0.25) is 0 Å². The minimum atomic E-state index is -3.50. The third-order valence-electron chi connectivity index (χ3n) is 5.42. The van der Waals surface area contributed by atoms with Gasteiger partial charge in [0.05, 0.1) is 11.6 Å². The number of alkyl halides is 2. The van der Waals surface area contributed by atoms with Crippen LogP contribution in [-0.2, 0) is 4.74 Å². The molecule has 2 atom stereocenters. The minimum Gasteiger partial charge on any atom is -0.455 e. The molecule has 1 aliphatic heterocycles. The maximum atomic E-state index is 14.6. The summed E-state index contributed by atoms with van der Waals surface area (Å²) in [6.45, 7) is 2.38. The van der Waals surface area contributed by atoms with E-state index in [9.17, 15) is 22.0 Å². The number of ether oxygens (including phenoxy) is 3. The standard InChI is InChI=1S/C24H24ClF5O3/c1-2-3-4-15-5-10-21(31-13-15)24(29,30)33-18-8-6-16(7-9-18)17-11-19(25)23(20(26)12-17)32-14-22(27)28/h6-9,11-12,14-15,21H,2-5,10,13H2,1H3. The van der Waals surface area contributed by atoms with Gasteiger partial charge in [-0.15, -0.1) is 0 Å². The van der Waals surface area contributed by atoms with Crippen LogP contribution >= 0.6 is 11.6 Å². The van der Waals surface area contributed by atoms with Crippen LogP contribution in [0.15, 0.2) is 48.7 Å². The molecule has 1 saturated heterocycles. The zero-order chi connectivity index (χ0) is 24.0. The highest BCUT2D eigenvalue weighted by atomic mass is 35.5. The highest BCUT2D eigenvalue weighted by Gasteiger charge is 2.45. The first-order chi connectivity index (χ1) is 15.7. The van der Waals surface area contributed by atoms with Crippen LogP contribution in [0.4, 0.5) is 22.0 Å². The molecule has 0 radical (unpaired) electrons. The summed E-state index contributed by atoms with van der Waals surface area (Å²) in [7, 11) is 0. The monoisotopic (exact) mass is 490 g/mol. The molecule has 0 saturated carbocycles. The Morgan fingerprint density at radius 1 is 1.15 bits per heavy atom. The van der Waals surface area contributed by atoms with Gasteiger partial charge in [0, 0.05) is 0 Å². The predicted octanol–water partition coefficient (Wildman–Crippen LogP) is 8.22. The van der Waals surface area contributed by atoms with Crippen LogP contribution in [0.5, 0.6) is 11.5 Å². The molecule has 0 spiro atoms. The molecule has 0 bridgehead atoms. The summed E-state index contributed by atoms with van der Waals surface area (Å²) in [5.74, 6) is -1.27. The minimum absolute atomic E-state index is 0.0736. The number of hydrogen-bond acceptors (Lipinski definition) is 3. The van der Waals surface area contributed by atoms with Gasteiger partial charge in [-0.1, -0.05) is 43.5 Å². The van der Waals surface area contributed by atoms with E-state index < -0.39 is 29.9 Å². The molecule has 0 aromatic heterocycles. The summed E-state index contributed by atoms with van der Waals surface area (Å²) in [4.78, 5) is 0. The molecular formula is C24H24ClF5O3. The third-order valence-corrected chi connectivity index (χ3v) is 5.70. The number of benzene rings is 2. The van der Waals surface area contributed by atoms with Crippen molar-refractivity contribution in [2.75, 3.05) is 6.61 Å². The van der Waals surface area contributed by atoms with Gasteiger partial charge in [0.15, 0.2) is 23.9 Å². The number of rotatable bonds is 9. The maximum absolute atomic E-state index is 14.6. The SMILES string of the molecule is CCCCC1CCC(C(F)(F)Oc2ccc(-c3cc(F)c(OC=C(F)F)c(Cl)c3)cc2)OC1. The fourth-order valence-electron chi connectivity index (χ4n) is 3.67. The molecule has 2 unspecified atom stereocenters. The van der Waals surface area contributed by atoms with Crippen LogP contribution in [0.1, 0.15) is 39.0 Å². The molecule has 3 nitrogen and oxygen atoms in total. The molecule has 33 heavy (non-hydrogen) atoms. The topological polar surface area (TPSA) is 27.7 Å². The van der Waals surface area contributed by atoms with Crippen LogP contribution in [0.25, 0.3) is 11.1 Å². The lowest BCUT2D eigenvalue weighted by Gasteiger charge is -2.33. The second kappa shape index (κ2) is 11.2. The van der Waals surface area contributed by atoms with Crippen LogP contribution in [0.3, 0.4) is 0 Å². The molecule has 0 N–H and O–H groups in total. The average Bonchev–Trinajstić information content (AvgIpc) is 2.77. The smallest absolute Gasteiger partial charge is 0.424 e. The average molecular weight is 491 g/mol. The first-order valence-electron chi connectivity index (χ1n) is 10.6. The molecular weight excluding hydrogens is 467 g/mol. The largest absolute Gasteiger partial charge is 0.455 e. The van der Waals surface area contributed by atoms with Gasteiger partial charge in [-0.05, 0) is 60.6 Å². The van der Waals surface area contributed by atoms with Gasteiger partial charge in [0.1, 0.15) is 5.75 Å². The van der Waals surface area contributed by atoms with Crippen LogP contribution in [-0.4, -0.2) is 18.8 Å². The van der Waals surface area contributed by atoms with E-state index in [1.165, 1.54) is 30.3 Å². The van der Waals surface area contributed by atoms with Gasteiger partial charge >= 0.3 is 12.2 Å². The van der Waals surface area contributed by atoms with E-state index in [4.69, 9.17) is 21.1 Å². The van der Waals surface area contributed by atoms with E-state index in [0.717, 1.165) is 25.3 Å². The van der Waals surface area contributed by atoms with Crippen molar-refractivity contribution < 1.29 is 36.2 Å². The number of hydrogen-bond donors (Lipinski definition) is 0. The molecule has 2 aromatic carbocycles. The summed E-state index contributed by atoms with van der Waals surface area (Å²) in [6.07, 6.45) is -2.91. The van der Waals surface area contributed by atoms with Crippen molar-refractivity contribution in [1.29, 1.82) is 0 Å². The Morgan fingerprint density at radius 2 is 1.88 bits per heavy atom. The van der Waals surface area contributed by atoms with Gasteiger partial charge in [-0.2, -0.15) is 17.6 Å². The first-order valence-corrected chi connectivity index (χ1v) is 11.0. The van der Waals surface area contributed by atoms with Crippen molar-refractivity contribution in [2.45, 2.75) is 51.2 Å². The highest BCUT2D eigenvalue weighted by molar-refractivity contribution is 6.32. The summed E-state index contributed by atoms with van der Waals surface area (Å²) < 4.78 is 82.6. The van der Waals surface area contributed by atoms with E-state index in [1.807, 2.05) is 0 Å². The van der Waals surface area contributed by atoms with E-state index >= 15 is 0 Å². The van der Waals surface area contributed by atoms with Crippen LogP contribution in [0.2, 0.25) is 5.02 Å². The molecule has 0 amide bonds. The Kier molecular flexibility index (Phi) is 8.59. The maximum Gasteiger partial charge on any atom is 0.424 e. The van der Waals surface area contributed by atoms with Crippen molar-refractivity contribution in [1.82, 2.24) is 0 Å². The van der Waals surface area contributed by atoms with E-state index in [1.54, 1.807) is 0 Å². The van der Waals surface area contributed by atoms with Crippen molar-refractivity contribution >= 4 is 11.6 Å². The summed E-state index contributed by atoms with van der Waals surface area (Å²) >= 11 is 5.93. The second-order valence-corrected chi connectivity index (χ2v) is 8.30. The van der Waals surface area contributed by atoms with Gasteiger partial charge in [0.25, 0.3) is 0 Å². The summed E-state index contributed by atoms with van der Waals surface area (Å²) in [5, 5.41) is -0.221. The summed E-state index contributed by atoms with van der Waals surface area (Å²) in [5.41, 5.74) is 0.763. The molecule has 2 aromatic rings.